The number of carboxylic acid groups (broad SMARTS) is 1. The van der Waals surface area contributed by atoms with Crippen molar-refractivity contribution in [3.63, 3.8) is 0 Å². The van der Waals surface area contributed by atoms with Gasteiger partial charge in [0.15, 0.2) is 0 Å². The van der Waals surface area contributed by atoms with Crippen LogP contribution in [-0.4, -0.2) is 23.5 Å². The summed E-state index contributed by atoms with van der Waals surface area (Å²) in [6.45, 7) is 0.762. The van der Waals surface area contributed by atoms with Gasteiger partial charge in [-0.25, -0.2) is 0 Å². The fourth-order valence-electron chi connectivity index (χ4n) is 2.39. The summed E-state index contributed by atoms with van der Waals surface area (Å²) >= 11 is 0. The van der Waals surface area contributed by atoms with Crippen molar-refractivity contribution in [1.82, 2.24) is 5.32 Å². The van der Waals surface area contributed by atoms with Crippen LogP contribution in [0.4, 0.5) is 0 Å². The monoisotopic (exact) mass is 225 g/mol. The molecule has 0 radical (unpaired) electrons. The third-order valence-corrected chi connectivity index (χ3v) is 3.70. The molecule has 0 bridgehead atoms. The first-order valence-corrected chi connectivity index (χ1v) is 6.17. The Hall–Kier alpha value is -1.06. The number of rotatable bonds is 5. The molecule has 4 nitrogen and oxygen atoms in total. The van der Waals surface area contributed by atoms with E-state index in [1.807, 2.05) is 0 Å². The molecule has 0 aromatic carbocycles. The Balaban J connectivity index is 1.66. The van der Waals surface area contributed by atoms with Crippen LogP contribution in [0.1, 0.15) is 38.5 Å². The van der Waals surface area contributed by atoms with Gasteiger partial charge in [-0.3, -0.25) is 9.59 Å². The largest absolute Gasteiger partial charge is 0.481 e. The summed E-state index contributed by atoms with van der Waals surface area (Å²) in [5.74, 6) is -0.243. The first-order valence-electron chi connectivity index (χ1n) is 6.17. The van der Waals surface area contributed by atoms with E-state index in [1.165, 1.54) is 12.8 Å². The number of hydrogen-bond donors (Lipinski definition) is 2. The summed E-state index contributed by atoms with van der Waals surface area (Å²) in [5, 5.41) is 11.8. The van der Waals surface area contributed by atoms with Crippen LogP contribution in [0.25, 0.3) is 0 Å². The van der Waals surface area contributed by atoms with E-state index >= 15 is 0 Å². The summed E-state index contributed by atoms with van der Waals surface area (Å²) in [6.07, 6.45) is 5.59. The molecule has 1 amide bonds. The molecule has 16 heavy (non-hydrogen) atoms. The summed E-state index contributed by atoms with van der Waals surface area (Å²) in [7, 11) is 0. The third-order valence-electron chi connectivity index (χ3n) is 3.70. The highest BCUT2D eigenvalue weighted by molar-refractivity contribution is 5.80. The highest BCUT2D eigenvalue weighted by Gasteiger charge is 2.33. The van der Waals surface area contributed by atoms with Crippen LogP contribution in [0.3, 0.4) is 0 Å². The van der Waals surface area contributed by atoms with Crippen molar-refractivity contribution < 1.29 is 14.7 Å². The van der Waals surface area contributed by atoms with E-state index in [2.05, 4.69) is 5.32 Å². The average Bonchev–Trinajstić information content (AvgIpc) is 2.93. The lowest BCUT2D eigenvalue weighted by Crippen LogP contribution is -2.30. The van der Waals surface area contributed by atoms with E-state index in [1.54, 1.807) is 0 Å². The highest BCUT2D eigenvalue weighted by atomic mass is 16.4. The van der Waals surface area contributed by atoms with Crippen LogP contribution in [0.2, 0.25) is 0 Å². The highest BCUT2D eigenvalue weighted by Crippen LogP contribution is 2.32. The molecule has 0 saturated heterocycles. The lowest BCUT2D eigenvalue weighted by Gasteiger charge is -2.10. The number of carbonyl (C=O) groups excluding carboxylic acids is 1. The van der Waals surface area contributed by atoms with E-state index in [-0.39, 0.29) is 17.7 Å². The minimum atomic E-state index is -0.756. The van der Waals surface area contributed by atoms with Crippen molar-refractivity contribution in [3.05, 3.63) is 0 Å². The normalized spacial score (nSPS) is 29.0. The predicted molar refractivity (Wildman–Crippen MR) is 58.8 cm³/mol. The van der Waals surface area contributed by atoms with Crippen molar-refractivity contribution in [2.24, 2.45) is 17.8 Å². The van der Waals surface area contributed by atoms with Crippen molar-refractivity contribution in [3.8, 4) is 0 Å². The first-order chi connectivity index (χ1) is 7.66. The van der Waals surface area contributed by atoms with Gasteiger partial charge in [0, 0.05) is 12.5 Å². The van der Waals surface area contributed by atoms with Gasteiger partial charge in [-0.05, 0) is 31.6 Å². The zero-order valence-electron chi connectivity index (χ0n) is 9.45. The molecule has 2 aliphatic rings. The van der Waals surface area contributed by atoms with Crippen LogP contribution < -0.4 is 5.32 Å². The van der Waals surface area contributed by atoms with Crippen LogP contribution in [-0.2, 0) is 9.59 Å². The van der Waals surface area contributed by atoms with Crippen LogP contribution in [0, 0.1) is 17.8 Å². The van der Waals surface area contributed by atoms with E-state index in [9.17, 15) is 9.59 Å². The van der Waals surface area contributed by atoms with Crippen LogP contribution >= 0.6 is 0 Å². The van der Waals surface area contributed by atoms with Gasteiger partial charge in [-0.2, -0.15) is 0 Å². The molecule has 2 saturated carbocycles. The lowest BCUT2D eigenvalue weighted by molar-refractivity contribution is -0.141. The molecule has 90 valence electrons. The number of amides is 1. The topological polar surface area (TPSA) is 66.4 Å². The Kier molecular flexibility index (Phi) is 3.46. The summed E-state index contributed by atoms with van der Waals surface area (Å²) in [5.41, 5.74) is 0. The van der Waals surface area contributed by atoms with Gasteiger partial charge in [0.2, 0.25) is 5.91 Å². The van der Waals surface area contributed by atoms with Gasteiger partial charge in [0.25, 0.3) is 0 Å². The van der Waals surface area contributed by atoms with Gasteiger partial charge in [-0.15, -0.1) is 0 Å². The summed E-state index contributed by atoms with van der Waals surface area (Å²) in [4.78, 5) is 22.5. The van der Waals surface area contributed by atoms with Crippen LogP contribution in [0.15, 0.2) is 0 Å². The molecule has 2 aliphatic carbocycles. The van der Waals surface area contributed by atoms with Gasteiger partial charge < -0.3 is 10.4 Å². The predicted octanol–water partition coefficient (Wildman–Crippen LogP) is 1.40. The molecule has 0 unspecified atom stereocenters. The minimum absolute atomic E-state index is 0.0596. The molecule has 0 aromatic heterocycles. The molecule has 0 spiro atoms. The molecule has 0 heterocycles. The van der Waals surface area contributed by atoms with Gasteiger partial charge in [0.05, 0.1) is 5.92 Å². The molecule has 2 rings (SSSR count). The number of nitrogens with one attached hydrogen (secondary N) is 1. The number of carbonyl (C=O) groups is 2. The van der Waals surface area contributed by atoms with E-state index in [0.29, 0.717) is 12.8 Å². The molecular weight excluding hydrogens is 206 g/mol. The smallest absolute Gasteiger partial charge is 0.306 e. The van der Waals surface area contributed by atoms with Gasteiger partial charge >= 0.3 is 5.97 Å². The van der Waals surface area contributed by atoms with Crippen molar-refractivity contribution in [2.45, 2.75) is 38.5 Å². The zero-order chi connectivity index (χ0) is 11.5. The standard InChI is InChI=1S/C12H19NO3/c14-11(13-6-5-8-1-2-8)9-3-4-10(7-9)12(15)16/h8-10H,1-7H2,(H,13,14)(H,15,16)/t9-,10+/m1/s1. The quantitative estimate of drug-likeness (QED) is 0.743. The Bertz CT molecular complexity index is 286. The Morgan fingerprint density at radius 2 is 1.81 bits per heavy atom. The second-order valence-electron chi connectivity index (χ2n) is 5.07. The molecule has 0 aliphatic heterocycles. The first kappa shape index (κ1) is 11.4. The molecule has 2 fully saturated rings. The maximum atomic E-state index is 11.7. The van der Waals surface area contributed by atoms with Crippen molar-refractivity contribution in [1.29, 1.82) is 0 Å². The van der Waals surface area contributed by atoms with Crippen LogP contribution in [0.5, 0.6) is 0 Å². The fourth-order valence-corrected chi connectivity index (χ4v) is 2.39. The fraction of sp³-hybridized carbons (Fsp3) is 0.833. The molecule has 2 N–H and O–H groups in total. The maximum absolute atomic E-state index is 11.7. The van der Waals surface area contributed by atoms with Gasteiger partial charge in [-0.1, -0.05) is 12.8 Å². The lowest BCUT2D eigenvalue weighted by atomic mass is 10.0. The second-order valence-corrected chi connectivity index (χ2v) is 5.07. The SMILES string of the molecule is O=C(O)[C@H]1CC[C@@H](C(=O)NCCC2CC2)C1. The number of aliphatic carboxylic acids is 1. The zero-order valence-corrected chi connectivity index (χ0v) is 9.45. The molecule has 2 atom stereocenters. The second kappa shape index (κ2) is 4.85. The Morgan fingerprint density at radius 3 is 2.38 bits per heavy atom. The van der Waals surface area contributed by atoms with E-state index in [4.69, 9.17) is 5.11 Å². The summed E-state index contributed by atoms with van der Waals surface area (Å²) < 4.78 is 0. The van der Waals surface area contributed by atoms with Gasteiger partial charge in [0.1, 0.15) is 0 Å². The summed E-state index contributed by atoms with van der Waals surface area (Å²) in [6, 6.07) is 0. The minimum Gasteiger partial charge on any atom is -0.481 e. The van der Waals surface area contributed by atoms with E-state index in [0.717, 1.165) is 25.3 Å². The van der Waals surface area contributed by atoms with Crippen molar-refractivity contribution >= 4 is 11.9 Å². The number of hydrogen-bond acceptors (Lipinski definition) is 2. The molecule has 0 aromatic rings. The Labute approximate surface area is 95.4 Å². The third kappa shape index (κ3) is 2.97. The number of carboxylic acids is 1. The Morgan fingerprint density at radius 1 is 1.12 bits per heavy atom. The average molecular weight is 225 g/mol. The molecule has 4 heteroatoms. The van der Waals surface area contributed by atoms with E-state index < -0.39 is 5.97 Å². The van der Waals surface area contributed by atoms with Crippen molar-refractivity contribution in [2.75, 3.05) is 6.54 Å². The maximum Gasteiger partial charge on any atom is 0.306 e. The molecular formula is C12H19NO3.